The summed E-state index contributed by atoms with van der Waals surface area (Å²) in [5.41, 5.74) is 5.98. The zero-order valence-electron chi connectivity index (χ0n) is 24.0. The lowest BCUT2D eigenvalue weighted by atomic mass is 9.96. The van der Waals surface area contributed by atoms with Gasteiger partial charge in [-0.3, -0.25) is 14.3 Å². The Morgan fingerprint density at radius 1 is 0.977 bits per heavy atom. The van der Waals surface area contributed by atoms with Crippen LogP contribution in [0.1, 0.15) is 34.5 Å². The predicted octanol–water partition coefficient (Wildman–Crippen LogP) is 5.47. The van der Waals surface area contributed by atoms with Crippen LogP contribution in [0.3, 0.4) is 0 Å². The van der Waals surface area contributed by atoms with Gasteiger partial charge in [0.25, 0.3) is 5.91 Å². The molecule has 9 nitrogen and oxygen atoms in total. The first kappa shape index (κ1) is 28.4. The predicted molar refractivity (Wildman–Crippen MR) is 167 cm³/mol. The Labute approximate surface area is 254 Å². The molecule has 6 rings (SSSR count). The maximum atomic E-state index is 13.7. The van der Waals surface area contributed by atoms with Gasteiger partial charge < -0.3 is 15.2 Å². The van der Waals surface area contributed by atoms with Crippen molar-refractivity contribution in [1.29, 1.82) is 0 Å². The lowest BCUT2D eigenvalue weighted by molar-refractivity contribution is -0.118. The molecule has 2 amide bonds. The smallest absolute Gasteiger partial charge is 0.270 e. The molecule has 1 saturated carbocycles. The molecular formula is C33H32ClN7O2. The van der Waals surface area contributed by atoms with Gasteiger partial charge >= 0.3 is 0 Å². The van der Waals surface area contributed by atoms with Gasteiger partial charge in [-0.25, -0.2) is 0 Å². The van der Waals surface area contributed by atoms with Gasteiger partial charge in [-0.2, -0.15) is 5.10 Å². The fraction of sp³-hybridized carbons (Fsp3) is 0.242. The molecule has 2 aromatic heterocycles. The number of hydrogen-bond acceptors (Lipinski definition) is 5. The fourth-order valence-electron chi connectivity index (χ4n) is 5.18. The number of aryl methyl sites for hydroxylation is 2. The van der Waals surface area contributed by atoms with Crippen molar-refractivity contribution in [2.24, 2.45) is 20.0 Å². The summed E-state index contributed by atoms with van der Waals surface area (Å²) in [6.07, 6.45) is 7.06. The second-order valence-corrected chi connectivity index (χ2v) is 11.5. The quantitative estimate of drug-likeness (QED) is 0.223. The highest BCUT2D eigenvalue weighted by Crippen LogP contribution is 2.34. The number of nitrogens with one attached hydrogen (secondary N) is 2. The number of hydrogen-bond donors (Lipinski definition) is 2. The second kappa shape index (κ2) is 12.2. The van der Waals surface area contributed by atoms with Crippen LogP contribution in [0.15, 0.2) is 85.3 Å². The number of carbonyl (C=O) groups is 2. The van der Waals surface area contributed by atoms with Crippen molar-refractivity contribution in [3.8, 4) is 22.5 Å². The van der Waals surface area contributed by atoms with Gasteiger partial charge in [0, 0.05) is 43.0 Å². The number of rotatable bonds is 10. The molecule has 0 aliphatic heterocycles. The Morgan fingerprint density at radius 2 is 1.74 bits per heavy atom. The minimum Gasteiger partial charge on any atom is -0.339 e. The number of nitrogens with zero attached hydrogens (tertiary/aromatic N) is 5. The average molecular weight is 594 g/mol. The van der Waals surface area contributed by atoms with Crippen LogP contribution < -0.4 is 10.6 Å². The van der Waals surface area contributed by atoms with Gasteiger partial charge in [-0.05, 0) is 89.9 Å². The van der Waals surface area contributed by atoms with E-state index in [0.29, 0.717) is 22.2 Å². The Morgan fingerprint density at radius 3 is 2.44 bits per heavy atom. The summed E-state index contributed by atoms with van der Waals surface area (Å²) in [7, 11) is 3.55. The summed E-state index contributed by atoms with van der Waals surface area (Å²) in [4.78, 5) is 26.9. The lowest BCUT2D eigenvalue weighted by Crippen LogP contribution is -2.45. The van der Waals surface area contributed by atoms with Crippen LogP contribution in [-0.4, -0.2) is 42.4 Å². The van der Waals surface area contributed by atoms with Crippen molar-refractivity contribution in [1.82, 2.24) is 29.9 Å². The summed E-state index contributed by atoms with van der Waals surface area (Å²) in [5.74, 6) is 0.737. The van der Waals surface area contributed by atoms with E-state index in [9.17, 15) is 9.59 Å². The SMILES string of the molecule is Cn1cnnc1-c1ccc(NC(=O)C(Cc2cc(-c3cccc(CC4CC4)c3)ccc2Cl)NC(=O)c2ccnn2C)cc1. The number of aromatic nitrogens is 5. The first-order valence-corrected chi connectivity index (χ1v) is 14.6. The molecule has 1 unspecified atom stereocenters. The molecule has 1 aliphatic rings. The van der Waals surface area contributed by atoms with Crippen LogP contribution in [0.25, 0.3) is 22.5 Å². The molecule has 1 fully saturated rings. The highest BCUT2D eigenvalue weighted by molar-refractivity contribution is 6.31. The monoisotopic (exact) mass is 593 g/mol. The minimum absolute atomic E-state index is 0.195. The summed E-state index contributed by atoms with van der Waals surface area (Å²) in [6.45, 7) is 0. The number of carbonyl (C=O) groups excluding carboxylic acids is 2. The molecule has 1 aliphatic carbocycles. The Hall–Kier alpha value is -4.76. The molecule has 10 heteroatoms. The highest BCUT2D eigenvalue weighted by atomic mass is 35.5. The van der Waals surface area contributed by atoms with Crippen molar-refractivity contribution >= 4 is 29.1 Å². The molecular weight excluding hydrogens is 562 g/mol. The lowest BCUT2D eigenvalue weighted by Gasteiger charge is -2.20. The Balaban J connectivity index is 1.25. The molecule has 218 valence electrons. The van der Waals surface area contributed by atoms with E-state index >= 15 is 0 Å². The van der Waals surface area contributed by atoms with Crippen molar-refractivity contribution in [3.05, 3.63) is 107 Å². The molecule has 1 atom stereocenters. The van der Waals surface area contributed by atoms with E-state index < -0.39 is 11.9 Å². The first-order chi connectivity index (χ1) is 20.8. The molecule has 5 aromatic rings. The van der Waals surface area contributed by atoms with E-state index in [-0.39, 0.29) is 12.3 Å². The van der Waals surface area contributed by atoms with E-state index in [2.05, 4.69) is 50.2 Å². The normalized spacial score (nSPS) is 13.5. The van der Waals surface area contributed by atoms with Gasteiger partial charge in [0.2, 0.25) is 5.91 Å². The summed E-state index contributed by atoms with van der Waals surface area (Å²) in [6, 6.07) is 22.4. The van der Waals surface area contributed by atoms with Gasteiger partial charge in [-0.1, -0.05) is 41.9 Å². The summed E-state index contributed by atoms with van der Waals surface area (Å²) < 4.78 is 3.29. The van der Waals surface area contributed by atoms with Gasteiger partial charge in [-0.15, -0.1) is 10.2 Å². The topological polar surface area (TPSA) is 107 Å². The third-order valence-electron chi connectivity index (χ3n) is 7.75. The second-order valence-electron chi connectivity index (χ2n) is 11.1. The molecule has 0 radical (unpaired) electrons. The molecule has 3 aromatic carbocycles. The number of amides is 2. The van der Waals surface area contributed by atoms with Crippen molar-refractivity contribution in [2.75, 3.05) is 5.32 Å². The molecule has 0 saturated heterocycles. The van der Waals surface area contributed by atoms with Crippen LogP contribution in [0, 0.1) is 5.92 Å². The van der Waals surface area contributed by atoms with E-state index in [1.165, 1.54) is 23.1 Å². The average Bonchev–Trinajstić information content (AvgIpc) is 3.54. The van der Waals surface area contributed by atoms with Crippen LogP contribution in [0.5, 0.6) is 0 Å². The fourth-order valence-corrected chi connectivity index (χ4v) is 5.37. The number of benzene rings is 3. The zero-order chi connectivity index (χ0) is 29.9. The molecule has 2 N–H and O–H groups in total. The molecule has 0 bridgehead atoms. The number of halogens is 1. The first-order valence-electron chi connectivity index (χ1n) is 14.3. The maximum absolute atomic E-state index is 13.7. The largest absolute Gasteiger partial charge is 0.339 e. The standard InChI is InChI=1S/C33H32ClN7O2/c1-40-20-35-39-31(40)23-8-11-27(12-9-23)37-32(42)29(38-33(43)30-14-15-36-41(30)2)19-26-18-25(10-13-28(26)34)24-5-3-4-22(17-24)16-21-6-7-21/h3-5,8-15,17-18,20-21,29H,6-7,16,19H2,1-2H3,(H,37,42)(H,38,43). The Bertz CT molecular complexity index is 1770. The van der Waals surface area contributed by atoms with Crippen molar-refractivity contribution < 1.29 is 9.59 Å². The van der Waals surface area contributed by atoms with Crippen LogP contribution in [0.2, 0.25) is 5.02 Å². The van der Waals surface area contributed by atoms with Gasteiger partial charge in [0.15, 0.2) is 5.82 Å². The summed E-state index contributed by atoms with van der Waals surface area (Å²) >= 11 is 6.67. The van der Waals surface area contributed by atoms with Crippen LogP contribution in [0.4, 0.5) is 5.69 Å². The number of anilines is 1. The third-order valence-corrected chi connectivity index (χ3v) is 8.12. The Kier molecular flexibility index (Phi) is 8.07. The van der Waals surface area contributed by atoms with Crippen molar-refractivity contribution in [2.45, 2.75) is 31.7 Å². The molecule has 2 heterocycles. The van der Waals surface area contributed by atoms with Crippen LogP contribution in [-0.2, 0) is 31.7 Å². The van der Waals surface area contributed by atoms with E-state index in [4.69, 9.17) is 11.6 Å². The third kappa shape index (κ3) is 6.67. The molecule has 43 heavy (non-hydrogen) atoms. The van der Waals surface area contributed by atoms with Gasteiger partial charge in [0.05, 0.1) is 0 Å². The van der Waals surface area contributed by atoms with Crippen molar-refractivity contribution in [3.63, 3.8) is 0 Å². The van der Waals surface area contributed by atoms with Gasteiger partial charge in [0.1, 0.15) is 18.1 Å². The molecule has 0 spiro atoms. The van der Waals surface area contributed by atoms with E-state index in [1.807, 2.05) is 41.9 Å². The van der Waals surface area contributed by atoms with E-state index in [1.54, 1.807) is 37.8 Å². The minimum atomic E-state index is -0.908. The highest BCUT2D eigenvalue weighted by Gasteiger charge is 2.25. The van der Waals surface area contributed by atoms with E-state index in [0.717, 1.165) is 34.6 Å². The maximum Gasteiger partial charge on any atom is 0.270 e. The zero-order valence-corrected chi connectivity index (χ0v) is 24.8. The van der Waals surface area contributed by atoms with Crippen LogP contribution >= 0.6 is 11.6 Å². The summed E-state index contributed by atoms with van der Waals surface area (Å²) in [5, 5.41) is 18.5.